The predicted octanol–water partition coefficient (Wildman–Crippen LogP) is 1.51. The average molecular weight is 169 g/mol. The highest BCUT2D eigenvalue weighted by Crippen LogP contribution is 2.38. The van der Waals surface area contributed by atoms with Gasteiger partial charge < -0.3 is 9.64 Å². The van der Waals surface area contributed by atoms with Crippen LogP contribution in [0.1, 0.15) is 26.2 Å². The third kappa shape index (κ3) is 1.27. The van der Waals surface area contributed by atoms with Gasteiger partial charge in [0.15, 0.2) is 0 Å². The number of rotatable bonds is 1. The summed E-state index contributed by atoms with van der Waals surface area (Å²) in [5.74, 6) is 0. The molecule has 2 saturated heterocycles. The van der Waals surface area contributed by atoms with Gasteiger partial charge in [0.1, 0.15) is 0 Å². The summed E-state index contributed by atoms with van der Waals surface area (Å²) in [5, 5.41) is 0. The van der Waals surface area contributed by atoms with Gasteiger partial charge >= 0.3 is 0 Å². The summed E-state index contributed by atoms with van der Waals surface area (Å²) in [5.41, 5.74) is 0.556. The highest BCUT2D eigenvalue weighted by Gasteiger charge is 2.43. The quantitative estimate of drug-likeness (QED) is 0.590. The summed E-state index contributed by atoms with van der Waals surface area (Å²) in [6, 6.07) is 0.830. The van der Waals surface area contributed by atoms with Gasteiger partial charge in [-0.05, 0) is 26.3 Å². The monoisotopic (exact) mass is 169 g/mol. The highest BCUT2D eigenvalue weighted by atomic mass is 16.5. The van der Waals surface area contributed by atoms with E-state index < -0.39 is 0 Å². The Labute approximate surface area is 74.9 Å². The minimum Gasteiger partial charge on any atom is -0.380 e. The molecular formula is C10H19NO. The summed E-state index contributed by atoms with van der Waals surface area (Å²) in [6.45, 7) is 5.56. The van der Waals surface area contributed by atoms with Crippen LogP contribution in [0.15, 0.2) is 0 Å². The Morgan fingerprint density at radius 1 is 1.50 bits per heavy atom. The van der Waals surface area contributed by atoms with Crippen LogP contribution in [0.5, 0.6) is 0 Å². The van der Waals surface area contributed by atoms with E-state index in [1.165, 1.54) is 25.8 Å². The molecule has 2 fully saturated rings. The Hall–Kier alpha value is -0.0800. The Morgan fingerprint density at radius 2 is 2.25 bits per heavy atom. The highest BCUT2D eigenvalue weighted by molar-refractivity contribution is 4.94. The second-order valence-corrected chi connectivity index (χ2v) is 4.51. The fourth-order valence-electron chi connectivity index (χ4n) is 2.57. The Morgan fingerprint density at radius 3 is 2.67 bits per heavy atom. The molecule has 12 heavy (non-hydrogen) atoms. The first kappa shape index (κ1) is 8.52. The first-order chi connectivity index (χ1) is 5.76. The molecule has 70 valence electrons. The number of likely N-dealkylation sites (tertiary alicyclic amines) is 1. The molecule has 1 spiro atoms. The van der Waals surface area contributed by atoms with Gasteiger partial charge in [-0.1, -0.05) is 6.92 Å². The van der Waals surface area contributed by atoms with Gasteiger partial charge in [-0.15, -0.1) is 0 Å². The predicted molar refractivity (Wildman–Crippen MR) is 49.2 cm³/mol. The van der Waals surface area contributed by atoms with Crippen LogP contribution in [0.25, 0.3) is 0 Å². The van der Waals surface area contributed by atoms with Crippen molar-refractivity contribution in [1.29, 1.82) is 0 Å². The standard InChI is InChI=1S/C10H19NO/c1-3-9-4-5-10(6-11(9)2)7-12-8-10/h9H,3-8H2,1-2H3. The summed E-state index contributed by atoms with van der Waals surface area (Å²) in [6.07, 6.45) is 4.06. The van der Waals surface area contributed by atoms with Crippen LogP contribution in [-0.2, 0) is 4.74 Å². The molecule has 0 amide bonds. The zero-order valence-corrected chi connectivity index (χ0v) is 8.18. The summed E-state index contributed by atoms with van der Waals surface area (Å²) in [7, 11) is 2.26. The number of ether oxygens (including phenoxy) is 1. The topological polar surface area (TPSA) is 12.5 Å². The maximum Gasteiger partial charge on any atom is 0.0557 e. The molecular weight excluding hydrogens is 150 g/mol. The molecule has 2 heteroatoms. The summed E-state index contributed by atoms with van der Waals surface area (Å²) >= 11 is 0. The van der Waals surface area contributed by atoms with Crippen molar-refractivity contribution in [3.63, 3.8) is 0 Å². The van der Waals surface area contributed by atoms with E-state index in [-0.39, 0.29) is 0 Å². The third-order valence-electron chi connectivity index (χ3n) is 3.50. The maximum atomic E-state index is 5.31. The number of piperidine rings is 1. The van der Waals surface area contributed by atoms with Crippen LogP contribution in [0.3, 0.4) is 0 Å². The molecule has 0 aromatic rings. The minimum atomic E-state index is 0.556. The number of nitrogens with zero attached hydrogens (tertiary/aromatic N) is 1. The Kier molecular flexibility index (Phi) is 2.13. The molecule has 0 aromatic heterocycles. The molecule has 0 saturated carbocycles. The fraction of sp³-hybridized carbons (Fsp3) is 1.00. The molecule has 0 aromatic carbocycles. The molecule has 2 heterocycles. The van der Waals surface area contributed by atoms with Crippen molar-refractivity contribution in [3.05, 3.63) is 0 Å². The number of hydrogen-bond acceptors (Lipinski definition) is 2. The lowest BCUT2D eigenvalue weighted by molar-refractivity contribution is -0.149. The van der Waals surface area contributed by atoms with Crippen molar-refractivity contribution in [2.24, 2.45) is 5.41 Å². The smallest absolute Gasteiger partial charge is 0.0557 e. The van der Waals surface area contributed by atoms with Crippen LogP contribution in [0.2, 0.25) is 0 Å². The zero-order chi connectivity index (χ0) is 8.60. The van der Waals surface area contributed by atoms with Gasteiger partial charge in [-0.25, -0.2) is 0 Å². The van der Waals surface area contributed by atoms with Crippen molar-refractivity contribution >= 4 is 0 Å². The van der Waals surface area contributed by atoms with Crippen molar-refractivity contribution in [3.8, 4) is 0 Å². The largest absolute Gasteiger partial charge is 0.380 e. The van der Waals surface area contributed by atoms with E-state index in [2.05, 4.69) is 18.9 Å². The van der Waals surface area contributed by atoms with Crippen molar-refractivity contribution < 1.29 is 4.74 Å². The van der Waals surface area contributed by atoms with Gasteiger partial charge in [-0.3, -0.25) is 0 Å². The number of hydrogen-bond donors (Lipinski definition) is 0. The van der Waals surface area contributed by atoms with E-state index in [9.17, 15) is 0 Å². The molecule has 0 N–H and O–H groups in total. The van der Waals surface area contributed by atoms with E-state index in [1.54, 1.807) is 0 Å². The molecule has 2 aliphatic rings. The normalized spacial score (nSPS) is 35.0. The lowest BCUT2D eigenvalue weighted by Crippen LogP contribution is -2.55. The molecule has 0 bridgehead atoms. The fourth-order valence-corrected chi connectivity index (χ4v) is 2.57. The zero-order valence-electron chi connectivity index (χ0n) is 8.18. The van der Waals surface area contributed by atoms with Gasteiger partial charge in [0, 0.05) is 18.0 Å². The van der Waals surface area contributed by atoms with Crippen LogP contribution in [0, 0.1) is 5.41 Å². The first-order valence-corrected chi connectivity index (χ1v) is 5.04. The molecule has 0 radical (unpaired) electrons. The molecule has 0 aliphatic carbocycles. The lowest BCUT2D eigenvalue weighted by Gasteiger charge is -2.50. The van der Waals surface area contributed by atoms with E-state index in [0.29, 0.717) is 5.41 Å². The first-order valence-electron chi connectivity index (χ1n) is 5.04. The van der Waals surface area contributed by atoms with E-state index in [4.69, 9.17) is 4.74 Å². The van der Waals surface area contributed by atoms with E-state index in [1.807, 2.05) is 0 Å². The van der Waals surface area contributed by atoms with E-state index in [0.717, 1.165) is 19.3 Å². The van der Waals surface area contributed by atoms with Crippen LogP contribution in [0.4, 0.5) is 0 Å². The van der Waals surface area contributed by atoms with Gasteiger partial charge in [-0.2, -0.15) is 0 Å². The van der Waals surface area contributed by atoms with Crippen LogP contribution in [-0.4, -0.2) is 37.7 Å². The van der Waals surface area contributed by atoms with Gasteiger partial charge in [0.25, 0.3) is 0 Å². The second-order valence-electron chi connectivity index (χ2n) is 4.51. The van der Waals surface area contributed by atoms with Crippen molar-refractivity contribution in [1.82, 2.24) is 4.90 Å². The summed E-state index contributed by atoms with van der Waals surface area (Å²) < 4.78 is 5.31. The van der Waals surface area contributed by atoms with Gasteiger partial charge in [0.2, 0.25) is 0 Å². The van der Waals surface area contributed by atoms with Crippen molar-refractivity contribution in [2.45, 2.75) is 32.2 Å². The lowest BCUT2D eigenvalue weighted by atomic mass is 9.76. The molecule has 2 nitrogen and oxygen atoms in total. The van der Waals surface area contributed by atoms with Crippen LogP contribution < -0.4 is 0 Å². The van der Waals surface area contributed by atoms with E-state index >= 15 is 0 Å². The third-order valence-corrected chi connectivity index (χ3v) is 3.50. The molecule has 2 aliphatic heterocycles. The average Bonchev–Trinajstić information content (AvgIpc) is 2.01. The van der Waals surface area contributed by atoms with Crippen molar-refractivity contribution in [2.75, 3.05) is 26.8 Å². The maximum absolute atomic E-state index is 5.31. The summed E-state index contributed by atoms with van der Waals surface area (Å²) in [4.78, 5) is 2.52. The Bertz CT molecular complexity index is 165. The minimum absolute atomic E-state index is 0.556. The van der Waals surface area contributed by atoms with Crippen LogP contribution >= 0.6 is 0 Å². The Balaban J connectivity index is 1.94. The second kappa shape index (κ2) is 3.00. The molecule has 2 rings (SSSR count). The molecule has 1 atom stereocenters. The van der Waals surface area contributed by atoms with Gasteiger partial charge in [0.05, 0.1) is 13.2 Å². The molecule has 1 unspecified atom stereocenters. The SMILES string of the molecule is CCC1CCC2(COC2)CN1C.